The molecule has 0 radical (unpaired) electrons. The number of hydrogen-bond acceptors (Lipinski definition) is 3. The Morgan fingerprint density at radius 2 is 1.89 bits per heavy atom. The van der Waals surface area contributed by atoms with E-state index in [0.29, 0.717) is 6.29 Å². The molecule has 1 aromatic rings. The molecule has 0 unspecified atom stereocenters. The van der Waals surface area contributed by atoms with Gasteiger partial charge in [-0.05, 0) is 23.6 Å². The van der Waals surface area contributed by atoms with E-state index in [1.54, 1.807) is 17.8 Å². The molecule has 0 aliphatic rings. The molecule has 0 bridgehead atoms. The van der Waals surface area contributed by atoms with E-state index in [2.05, 4.69) is 26.8 Å². The van der Waals surface area contributed by atoms with Crippen LogP contribution in [0.4, 0.5) is 0 Å². The van der Waals surface area contributed by atoms with Gasteiger partial charge in [0.15, 0.2) is 6.29 Å². The number of hydrogen-bond donors (Lipinski definition) is 0. The average molecular weight is 271 g/mol. The SMILES string of the molecule is CC(C)(C)/C=C(\C=C(/C#N)C=O)Sc1ccccc1. The molecular weight excluding hydrogens is 254 g/mol. The molecule has 98 valence electrons. The Labute approximate surface area is 118 Å². The van der Waals surface area contributed by atoms with Crippen LogP contribution in [-0.4, -0.2) is 6.29 Å². The van der Waals surface area contributed by atoms with Gasteiger partial charge in [0.1, 0.15) is 6.07 Å². The number of rotatable bonds is 4. The van der Waals surface area contributed by atoms with Crippen LogP contribution in [0.15, 0.2) is 57.9 Å². The topological polar surface area (TPSA) is 40.9 Å². The fourth-order valence-electron chi connectivity index (χ4n) is 1.40. The van der Waals surface area contributed by atoms with Crippen LogP contribution in [0, 0.1) is 16.7 Å². The van der Waals surface area contributed by atoms with Crippen LogP contribution in [0.2, 0.25) is 0 Å². The van der Waals surface area contributed by atoms with Gasteiger partial charge in [-0.25, -0.2) is 0 Å². The maximum atomic E-state index is 10.8. The molecule has 0 aromatic heterocycles. The predicted octanol–water partition coefficient (Wildman–Crippen LogP) is 4.36. The molecule has 0 spiro atoms. The monoisotopic (exact) mass is 271 g/mol. The molecule has 0 saturated carbocycles. The first-order chi connectivity index (χ1) is 8.94. The van der Waals surface area contributed by atoms with E-state index in [9.17, 15) is 4.79 Å². The van der Waals surface area contributed by atoms with Gasteiger partial charge < -0.3 is 0 Å². The molecule has 3 heteroatoms. The van der Waals surface area contributed by atoms with Crippen LogP contribution in [0.3, 0.4) is 0 Å². The zero-order valence-corrected chi connectivity index (χ0v) is 12.2. The molecule has 1 aromatic carbocycles. The average Bonchev–Trinajstić information content (AvgIpc) is 2.35. The lowest BCUT2D eigenvalue weighted by Gasteiger charge is -2.14. The zero-order chi connectivity index (χ0) is 14.3. The Balaban J connectivity index is 3.08. The number of aldehydes is 1. The van der Waals surface area contributed by atoms with Gasteiger partial charge >= 0.3 is 0 Å². The van der Waals surface area contributed by atoms with Crippen LogP contribution >= 0.6 is 11.8 Å². The molecule has 0 saturated heterocycles. The van der Waals surface area contributed by atoms with E-state index < -0.39 is 0 Å². The molecule has 0 aliphatic heterocycles. The summed E-state index contributed by atoms with van der Waals surface area (Å²) in [4.78, 5) is 12.7. The van der Waals surface area contributed by atoms with Gasteiger partial charge in [-0.3, -0.25) is 4.79 Å². The summed E-state index contributed by atoms with van der Waals surface area (Å²) in [6.07, 6.45) is 4.28. The Hall–Kier alpha value is -1.79. The van der Waals surface area contributed by atoms with E-state index in [1.165, 1.54) is 0 Å². The Morgan fingerprint density at radius 1 is 1.26 bits per heavy atom. The van der Waals surface area contributed by atoms with Crippen molar-refractivity contribution in [2.75, 3.05) is 0 Å². The highest BCUT2D eigenvalue weighted by molar-refractivity contribution is 8.03. The summed E-state index contributed by atoms with van der Waals surface area (Å²) < 4.78 is 0. The third-order valence-electron chi connectivity index (χ3n) is 2.11. The van der Waals surface area contributed by atoms with E-state index in [4.69, 9.17) is 5.26 Å². The summed E-state index contributed by atoms with van der Waals surface area (Å²) in [6, 6.07) is 11.8. The van der Waals surface area contributed by atoms with Crippen molar-refractivity contribution in [3.8, 4) is 6.07 Å². The van der Waals surface area contributed by atoms with Gasteiger partial charge in [-0.15, -0.1) is 0 Å². The molecule has 0 aliphatic carbocycles. The van der Waals surface area contributed by atoms with Crippen molar-refractivity contribution < 1.29 is 4.79 Å². The molecule has 2 nitrogen and oxygen atoms in total. The van der Waals surface area contributed by atoms with Crippen LogP contribution in [0.25, 0.3) is 0 Å². The van der Waals surface area contributed by atoms with Crippen molar-refractivity contribution in [1.82, 2.24) is 0 Å². The van der Waals surface area contributed by atoms with Crippen molar-refractivity contribution in [2.45, 2.75) is 25.7 Å². The number of carbonyl (C=O) groups is 1. The predicted molar refractivity (Wildman–Crippen MR) is 79.6 cm³/mol. The quantitative estimate of drug-likeness (QED) is 0.269. The molecule has 0 heterocycles. The largest absolute Gasteiger partial charge is 0.297 e. The van der Waals surface area contributed by atoms with Crippen LogP contribution in [-0.2, 0) is 4.79 Å². The minimum Gasteiger partial charge on any atom is -0.297 e. The van der Waals surface area contributed by atoms with Gasteiger partial charge in [0.2, 0.25) is 0 Å². The highest BCUT2D eigenvalue weighted by Gasteiger charge is 2.09. The molecule has 0 N–H and O–H groups in total. The minimum atomic E-state index is -0.0168. The van der Waals surface area contributed by atoms with Crippen molar-refractivity contribution >= 4 is 18.0 Å². The van der Waals surface area contributed by atoms with Gasteiger partial charge in [-0.1, -0.05) is 56.8 Å². The number of carbonyl (C=O) groups excluding carboxylic acids is 1. The summed E-state index contributed by atoms with van der Waals surface area (Å²) in [6.45, 7) is 6.25. The maximum Gasteiger partial charge on any atom is 0.160 e. The second-order valence-electron chi connectivity index (χ2n) is 5.16. The maximum absolute atomic E-state index is 10.8. The van der Waals surface area contributed by atoms with Crippen molar-refractivity contribution in [3.05, 3.63) is 53.0 Å². The summed E-state index contributed by atoms with van der Waals surface area (Å²) in [5.74, 6) is 0. The van der Waals surface area contributed by atoms with Gasteiger partial charge in [0.05, 0.1) is 5.57 Å². The van der Waals surface area contributed by atoms with Crippen molar-refractivity contribution in [3.63, 3.8) is 0 Å². The van der Waals surface area contributed by atoms with Crippen LogP contribution < -0.4 is 0 Å². The smallest absolute Gasteiger partial charge is 0.160 e. The molecule has 1 rings (SSSR count). The number of nitriles is 1. The standard InChI is InChI=1S/C16H17NOS/c1-16(2,3)10-15(9-13(11-17)12-18)19-14-7-5-4-6-8-14/h4-10,12H,1-3H3/b13-9+,15-10+. The molecule has 0 amide bonds. The normalized spacial score (nSPS) is 12.9. The lowest BCUT2D eigenvalue weighted by molar-refractivity contribution is -0.104. The fraction of sp³-hybridized carbons (Fsp3) is 0.250. The highest BCUT2D eigenvalue weighted by Crippen LogP contribution is 2.31. The summed E-state index contributed by atoms with van der Waals surface area (Å²) in [5.41, 5.74) is 0.121. The van der Waals surface area contributed by atoms with E-state index in [1.807, 2.05) is 36.4 Å². The Morgan fingerprint density at radius 3 is 2.37 bits per heavy atom. The Bertz CT molecular complexity index is 530. The first-order valence-corrected chi connectivity index (χ1v) is 6.79. The summed E-state index contributed by atoms with van der Waals surface area (Å²) in [7, 11) is 0. The van der Waals surface area contributed by atoms with Gasteiger partial charge in [-0.2, -0.15) is 5.26 Å². The second kappa shape index (κ2) is 6.96. The first-order valence-electron chi connectivity index (χ1n) is 5.97. The van der Waals surface area contributed by atoms with Crippen LogP contribution in [0.1, 0.15) is 20.8 Å². The van der Waals surface area contributed by atoms with Gasteiger partial charge in [0.25, 0.3) is 0 Å². The van der Waals surface area contributed by atoms with Gasteiger partial charge in [0, 0.05) is 9.80 Å². The number of benzene rings is 1. The number of thioether (sulfide) groups is 1. The zero-order valence-electron chi connectivity index (χ0n) is 11.4. The molecule has 0 atom stereocenters. The molecule has 19 heavy (non-hydrogen) atoms. The van der Waals surface area contributed by atoms with Crippen LogP contribution in [0.5, 0.6) is 0 Å². The van der Waals surface area contributed by atoms with E-state index in [-0.39, 0.29) is 11.0 Å². The minimum absolute atomic E-state index is 0.0168. The van der Waals surface area contributed by atoms with E-state index >= 15 is 0 Å². The molecular formula is C16H17NOS. The van der Waals surface area contributed by atoms with Crippen molar-refractivity contribution in [2.24, 2.45) is 5.41 Å². The first kappa shape index (κ1) is 15.3. The third kappa shape index (κ3) is 6.08. The summed E-state index contributed by atoms with van der Waals surface area (Å²) in [5, 5.41) is 8.85. The van der Waals surface area contributed by atoms with Crippen molar-refractivity contribution in [1.29, 1.82) is 5.26 Å². The summed E-state index contributed by atoms with van der Waals surface area (Å²) >= 11 is 1.55. The Kier molecular flexibility index (Phi) is 5.59. The number of allylic oxidation sites excluding steroid dienone is 3. The van der Waals surface area contributed by atoms with E-state index in [0.717, 1.165) is 9.80 Å². The fourth-order valence-corrected chi connectivity index (χ4v) is 2.56. The second-order valence-corrected chi connectivity index (χ2v) is 6.30. The number of nitrogens with zero attached hydrogens (tertiary/aromatic N) is 1. The highest BCUT2D eigenvalue weighted by atomic mass is 32.2. The third-order valence-corrected chi connectivity index (χ3v) is 3.09. The molecule has 0 fully saturated rings. The lowest BCUT2D eigenvalue weighted by Crippen LogP contribution is -2.00. The lowest BCUT2D eigenvalue weighted by atomic mass is 9.96.